The normalized spacial score (nSPS) is 34.5. The number of hydrogen-bond acceptors (Lipinski definition) is 3. The van der Waals surface area contributed by atoms with Crippen LogP contribution in [0, 0.1) is 40.4 Å². The van der Waals surface area contributed by atoms with Gasteiger partial charge in [0.25, 0.3) is 0 Å². The summed E-state index contributed by atoms with van der Waals surface area (Å²) in [7, 11) is 0. The van der Waals surface area contributed by atoms with E-state index in [1.165, 1.54) is 25.7 Å². The van der Waals surface area contributed by atoms with E-state index < -0.39 is 12.2 Å². The second kappa shape index (κ2) is 10.9. The van der Waals surface area contributed by atoms with Crippen molar-refractivity contribution in [2.75, 3.05) is 13.2 Å². The van der Waals surface area contributed by atoms with Gasteiger partial charge in [-0.3, -0.25) is 0 Å². The van der Waals surface area contributed by atoms with Crippen LogP contribution in [-0.2, 0) is 4.74 Å². The van der Waals surface area contributed by atoms with Crippen LogP contribution >= 0.6 is 0 Å². The fourth-order valence-electron chi connectivity index (χ4n) is 6.41. The van der Waals surface area contributed by atoms with E-state index in [0.29, 0.717) is 37.2 Å². The molecule has 3 aliphatic carbocycles. The first-order valence-electron chi connectivity index (χ1n) is 13.0. The number of aliphatic hydroxyl groups is 2. The largest absolute Gasteiger partial charge is 0.393 e. The van der Waals surface area contributed by atoms with E-state index in [1.54, 1.807) is 5.57 Å². The molecule has 0 aromatic heterocycles. The van der Waals surface area contributed by atoms with E-state index in [4.69, 9.17) is 4.74 Å². The molecule has 1 unspecified atom stereocenters. The van der Waals surface area contributed by atoms with E-state index in [1.807, 2.05) is 0 Å². The van der Waals surface area contributed by atoms with Gasteiger partial charge in [0.2, 0.25) is 0 Å². The third-order valence-electron chi connectivity index (χ3n) is 8.21. The van der Waals surface area contributed by atoms with Gasteiger partial charge in [-0.15, -0.1) is 0 Å². The third kappa shape index (κ3) is 6.62. The lowest BCUT2D eigenvalue weighted by molar-refractivity contribution is 0.0846. The summed E-state index contributed by atoms with van der Waals surface area (Å²) in [6.45, 7) is 16.6. The minimum absolute atomic E-state index is 0.0339. The SMILES string of the molecule is C=C1/C(=C\C[C@@H]2CCC[C@]3(C)C([C@H](C)CCOCC#CC(C)(C)C)=CC[C@@H]23)C[C@@H](O)CC1O. The predicted octanol–water partition coefficient (Wildman–Crippen LogP) is 6.22. The molecule has 0 spiro atoms. The van der Waals surface area contributed by atoms with Crippen LogP contribution in [0.3, 0.4) is 0 Å². The molecular weight excluding hydrogens is 408 g/mol. The summed E-state index contributed by atoms with van der Waals surface area (Å²) < 4.78 is 5.82. The van der Waals surface area contributed by atoms with Crippen LogP contribution in [0.5, 0.6) is 0 Å². The van der Waals surface area contributed by atoms with Crippen LogP contribution in [-0.4, -0.2) is 35.6 Å². The first-order chi connectivity index (χ1) is 15.5. The fraction of sp³-hybridized carbons (Fsp3) is 0.733. The molecule has 184 valence electrons. The maximum Gasteiger partial charge on any atom is 0.107 e. The lowest BCUT2D eigenvalue weighted by atomic mass is 9.59. The number of fused-ring (bicyclic) bond motifs is 1. The van der Waals surface area contributed by atoms with E-state index in [0.717, 1.165) is 30.6 Å². The van der Waals surface area contributed by atoms with Crippen LogP contribution < -0.4 is 0 Å². The summed E-state index contributed by atoms with van der Waals surface area (Å²) in [5.74, 6) is 8.26. The maximum absolute atomic E-state index is 10.2. The van der Waals surface area contributed by atoms with Crippen molar-refractivity contribution in [3.63, 3.8) is 0 Å². The van der Waals surface area contributed by atoms with Crippen LogP contribution in [0.25, 0.3) is 0 Å². The number of rotatable bonds is 7. The summed E-state index contributed by atoms with van der Waals surface area (Å²) >= 11 is 0. The Labute approximate surface area is 202 Å². The molecule has 3 nitrogen and oxygen atoms in total. The molecule has 0 amide bonds. The maximum atomic E-state index is 10.2. The Morgan fingerprint density at radius 3 is 2.82 bits per heavy atom. The van der Waals surface area contributed by atoms with Crippen LogP contribution in [0.2, 0.25) is 0 Å². The van der Waals surface area contributed by atoms with Gasteiger partial charge in [0, 0.05) is 18.4 Å². The summed E-state index contributed by atoms with van der Waals surface area (Å²) in [6, 6.07) is 0. The number of allylic oxidation sites excluding steroid dienone is 3. The minimum atomic E-state index is -0.598. The Bertz CT molecular complexity index is 818. The second-order valence-corrected chi connectivity index (χ2v) is 12.0. The van der Waals surface area contributed by atoms with Crippen molar-refractivity contribution in [1.82, 2.24) is 0 Å². The molecule has 3 aliphatic rings. The first kappa shape index (κ1) is 26.3. The molecule has 2 N–H and O–H groups in total. The molecule has 0 radical (unpaired) electrons. The zero-order valence-corrected chi connectivity index (χ0v) is 21.6. The molecule has 0 aromatic rings. The van der Waals surface area contributed by atoms with Gasteiger partial charge in [-0.1, -0.05) is 56.4 Å². The lowest BCUT2D eigenvalue weighted by Gasteiger charge is -2.45. The van der Waals surface area contributed by atoms with E-state index in [-0.39, 0.29) is 10.8 Å². The second-order valence-electron chi connectivity index (χ2n) is 12.0. The third-order valence-corrected chi connectivity index (χ3v) is 8.21. The van der Waals surface area contributed by atoms with Crippen LogP contribution in [0.15, 0.2) is 35.5 Å². The first-order valence-corrected chi connectivity index (χ1v) is 13.0. The van der Waals surface area contributed by atoms with Crippen LogP contribution in [0.1, 0.15) is 86.0 Å². The van der Waals surface area contributed by atoms with Gasteiger partial charge < -0.3 is 14.9 Å². The molecule has 3 rings (SSSR count). The molecule has 2 saturated carbocycles. The number of ether oxygens (including phenoxy) is 1. The average molecular weight is 455 g/mol. The molecule has 0 saturated heterocycles. The van der Waals surface area contributed by atoms with Crippen LogP contribution in [0.4, 0.5) is 0 Å². The highest BCUT2D eigenvalue weighted by atomic mass is 16.5. The van der Waals surface area contributed by atoms with Crippen molar-refractivity contribution in [3.05, 3.63) is 35.5 Å². The molecule has 2 fully saturated rings. The molecule has 33 heavy (non-hydrogen) atoms. The van der Waals surface area contributed by atoms with E-state index >= 15 is 0 Å². The van der Waals surface area contributed by atoms with Gasteiger partial charge >= 0.3 is 0 Å². The Kier molecular flexibility index (Phi) is 8.71. The lowest BCUT2D eigenvalue weighted by Crippen LogP contribution is -2.36. The number of hydrogen-bond donors (Lipinski definition) is 2. The highest BCUT2D eigenvalue weighted by Gasteiger charge is 2.47. The summed E-state index contributed by atoms with van der Waals surface area (Å²) in [5, 5.41) is 20.2. The number of aliphatic hydroxyl groups excluding tert-OH is 2. The summed E-state index contributed by atoms with van der Waals surface area (Å²) in [6.07, 6.45) is 11.9. The van der Waals surface area contributed by atoms with Gasteiger partial charge in [0.15, 0.2) is 0 Å². The van der Waals surface area contributed by atoms with Crippen molar-refractivity contribution in [2.45, 2.75) is 98.2 Å². The zero-order chi connectivity index (χ0) is 24.2. The topological polar surface area (TPSA) is 49.7 Å². The smallest absolute Gasteiger partial charge is 0.107 e. The Hall–Kier alpha value is -1.34. The Balaban J connectivity index is 1.55. The summed E-state index contributed by atoms with van der Waals surface area (Å²) in [4.78, 5) is 0. The van der Waals surface area contributed by atoms with Gasteiger partial charge in [-0.2, -0.15) is 0 Å². The van der Waals surface area contributed by atoms with Crippen molar-refractivity contribution in [2.24, 2.45) is 28.6 Å². The van der Waals surface area contributed by atoms with Gasteiger partial charge in [0.05, 0.1) is 12.2 Å². The molecule has 0 bridgehead atoms. The van der Waals surface area contributed by atoms with E-state index in [9.17, 15) is 10.2 Å². The van der Waals surface area contributed by atoms with Crippen molar-refractivity contribution in [1.29, 1.82) is 0 Å². The molecule has 6 atom stereocenters. The molecular formula is C30H46O3. The van der Waals surface area contributed by atoms with Crippen molar-refractivity contribution in [3.8, 4) is 11.8 Å². The standard InChI is InChI=1S/C30H46O3/c1-21(14-18-33-17-8-15-29(3,4)5)26-12-13-27-23(9-7-16-30(26,27)6)10-11-24-19-25(31)20-28(32)22(24)2/h11-12,21,23,25,27-28,31-32H,2,7,9-10,13-14,16-20H2,1,3-6H3/b24-11-/t21-,23+,25-,27+,28?,30-/m1/s1. The Morgan fingerprint density at radius 1 is 1.33 bits per heavy atom. The molecule has 3 heteroatoms. The quantitative estimate of drug-likeness (QED) is 0.273. The zero-order valence-electron chi connectivity index (χ0n) is 21.6. The monoisotopic (exact) mass is 454 g/mol. The molecule has 0 aromatic carbocycles. The fourth-order valence-corrected chi connectivity index (χ4v) is 6.41. The van der Waals surface area contributed by atoms with Gasteiger partial charge in [0.1, 0.15) is 6.61 Å². The minimum Gasteiger partial charge on any atom is -0.393 e. The molecule has 0 heterocycles. The average Bonchev–Trinajstić information content (AvgIpc) is 3.08. The van der Waals surface area contributed by atoms with Crippen molar-refractivity contribution >= 4 is 0 Å². The predicted molar refractivity (Wildman–Crippen MR) is 137 cm³/mol. The van der Waals surface area contributed by atoms with E-state index in [2.05, 4.69) is 65.2 Å². The highest BCUT2D eigenvalue weighted by Crippen LogP contribution is 2.57. The highest BCUT2D eigenvalue weighted by molar-refractivity contribution is 5.35. The Morgan fingerprint density at radius 2 is 2.09 bits per heavy atom. The summed E-state index contributed by atoms with van der Waals surface area (Å²) in [5.41, 5.74) is 3.84. The van der Waals surface area contributed by atoms with Gasteiger partial charge in [-0.05, 0) is 93.6 Å². The van der Waals surface area contributed by atoms with Gasteiger partial charge in [-0.25, -0.2) is 0 Å². The van der Waals surface area contributed by atoms with Crippen molar-refractivity contribution < 1.29 is 14.9 Å². The molecule has 0 aliphatic heterocycles.